The van der Waals surface area contributed by atoms with E-state index in [-0.39, 0.29) is 18.3 Å². The van der Waals surface area contributed by atoms with Crippen LogP contribution in [0.5, 0.6) is 5.75 Å². The van der Waals surface area contributed by atoms with Crippen molar-refractivity contribution in [1.29, 1.82) is 5.26 Å². The van der Waals surface area contributed by atoms with E-state index in [0.29, 0.717) is 16.9 Å². The Morgan fingerprint density at radius 3 is 2.74 bits per heavy atom. The van der Waals surface area contributed by atoms with Gasteiger partial charge in [0.25, 0.3) is 0 Å². The molecule has 1 aliphatic heterocycles. The Morgan fingerprint density at radius 1 is 1.26 bits per heavy atom. The lowest BCUT2D eigenvalue weighted by Gasteiger charge is -2.22. The first-order valence-electron chi connectivity index (χ1n) is 7.24. The standard InChI is InChI=1S/C19H15NO3/c1-22-16-5-3-14(4-6-16)18(21)11-19-17-7-2-13(12-20)10-15(17)8-9-23-19/h2-10,19H,11H2,1H3/t19-/m1/s1. The fourth-order valence-corrected chi connectivity index (χ4v) is 2.58. The van der Waals surface area contributed by atoms with E-state index in [1.807, 2.05) is 12.1 Å². The molecule has 114 valence electrons. The molecule has 0 saturated heterocycles. The Hall–Kier alpha value is -3.06. The third-order valence-corrected chi connectivity index (χ3v) is 3.84. The minimum atomic E-state index is -0.336. The maximum Gasteiger partial charge on any atom is 0.166 e. The molecule has 1 atom stereocenters. The number of benzene rings is 2. The number of Topliss-reactive ketones (excluding diaryl/α,β-unsaturated/α-hetero) is 1. The number of ketones is 1. The van der Waals surface area contributed by atoms with Crippen LogP contribution in [0, 0.1) is 11.3 Å². The van der Waals surface area contributed by atoms with Crippen molar-refractivity contribution < 1.29 is 14.3 Å². The number of hydrogen-bond acceptors (Lipinski definition) is 4. The van der Waals surface area contributed by atoms with E-state index in [4.69, 9.17) is 14.7 Å². The monoisotopic (exact) mass is 305 g/mol. The minimum Gasteiger partial charge on any atom is -0.497 e. The number of methoxy groups -OCH3 is 1. The van der Waals surface area contributed by atoms with Gasteiger partial charge in [-0.15, -0.1) is 0 Å². The zero-order chi connectivity index (χ0) is 16.2. The number of carbonyl (C=O) groups is 1. The maximum absolute atomic E-state index is 12.4. The van der Waals surface area contributed by atoms with Crippen LogP contribution in [-0.2, 0) is 4.74 Å². The average molecular weight is 305 g/mol. The zero-order valence-electron chi connectivity index (χ0n) is 12.7. The molecule has 4 nitrogen and oxygen atoms in total. The highest BCUT2D eigenvalue weighted by Gasteiger charge is 2.22. The van der Waals surface area contributed by atoms with Crippen molar-refractivity contribution in [3.8, 4) is 11.8 Å². The number of fused-ring (bicyclic) bond motifs is 1. The highest BCUT2D eigenvalue weighted by atomic mass is 16.5. The van der Waals surface area contributed by atoms with Gasteiger partial charge in [0, 0.05) is 11.1 Å². The van der Waals surface area contributed by atoms with Gasteiger partial charge in [-0.3, -0.25) is 4.79 Å². The highest BCUT2D eigenvalue weighted by molar-refractivity contribution is 5.96. The SMILES string of the molecule is COc1ccc(C(=O)C[C@H]2OC=Cc3cc(C#N)ccc32)cc1. The Labute approximate surface area is 134 Å². The quantitative estimate of drug-likeness (QED) is 0.804. The summed E-state index contributed by atoms with van der Waals surface area (Å²) in [5.41, 5.74) is 3.06. The normalized spacial score (nSPS) is 15.2. The van der Waals surface area contributed by atoms with Gasteiger partial charge in [-0.1, -0.05) is 6.07 Å². The molecule has 0 amide bonds. The van der Waals surface area contributed by atoms with Crippen LogP contribution in [0.15, 0.2) is 48.7 Å². The van der Waals surface area contributed by atoms with Crippen LogP contribution >= 0.6 is 0 Å². The van der Waals surface area contributed by atoms with Crippen molar-refractivity contribution in [2.24, 2.45) is 0 Å². The van der Waals surface area contributed by atoms with Crippen LogP contribution < -0.4 is 4.74 Å². The molecule has 23 heavy (non-hydrogen) atoms. The molecule has 2 aromatic rings. The summed E-state index contributed by atoms with van der Waals surface area (Å²) in [5, 5.41) is 8.97. The van der Waals surface area contributed by atoms with Crippen molar-refractivity contribution in [1.82, 2.24) is 0 Å². The maximum atomic E-state index is 12.4. The van der Waals surface area contributed by atoms with Crippen molar-refractivity contribution in [3.63, 3.8) is 0 Å². The lowest BCUT2D eigenvalue weighted by molar-refractivity contribution is 0.0839. The van der Waals surface area contributed by atoms with Crippen LogP contribution in [0.1, 0.15) is 39.6 Å². The second-order valence-electron chi connectivity index (χ2n) is 5.24. The predicted octanol–water partition coefficient (Wildman–Crippen LogP) is 3.88. The average Bonchev–Trinajstić information content (AvgIpc) is 2.61. The van der Waals surface area contributed by atoms with Gasteiger partial charge in [0.05, 0.1) is 31.4 Å². The first kappa shape index (κ1) is 14.9. The number of nitriles is 1. The Balaban J connectivity index is 1.80. The smallest absolute Gasteiger partial charge is 0.166 e. The molecule has 0 N–H and O–H groups in total. The summed E-state index contributed by atoms with van der Waals surface area (Å²) in [5.74, 6) is 0.719. The van der Waals surface area contributed by atoms with Gasteiger partial charge in [-0.25, -0.2) is 0 Å². The molecule has 1 heterocycles. The molecule has 1 aliphatic rings. The molecule has 4 heteroatoms. The first-order chi connectivity index (χ1) is 11.2. The van der Waals surface area contributed by atoms with Crippen LogP contribution in [-0.4, -0.2) is 12.9 Å². The van der Waals surface area contributed by atoms with Crippen LogP contribution in [0.4, 0.5) is 0 Å². The predicted molar refractivity (Wildman–Crippen MR) is 86.0 cm³/mol. The van der Waals surface area contributed by atoms with Gasteiger partial charge in [-0.05, 0) is 48.0 Å². The Morgan fingerprint density at radius 2 is 2.04 bits per heavy atom. The van der Waals surface area contributed by atoms with E-state index in [2.05, 4.69) is 6.07 Å². The fourth-order valence-electron chi connectivity index (χ4n) is 2.58. The number of hydrogen-bond donors (Lipinski definition) is 0. The molecule has 0 fully saturated rings. The zero-order valence-corrected chi connectivity index (χ0v) is 12.7. The number of ether oxygens (including phenoxy) is 2. The van der Waals surface area contributed by atoms with Gasteiger partial charge < -0.3 is 9.47 Å². The third kappa shape index (κ3) is 3.09. The molecule has 0 saturated carbocycles. The van der Waals surface area contributed by atoms with E-state index < -0.39 is 0 Å². The lowest BCUT2D eigenvalue weighted by Crippen LogP contribution is -2.12. The third-order valence-electron chi connectivity index (χ3n) is 3.84. The second kappa shape index (κ2) is 6.37. The van der Waals surface area contributed by atoms with E-state index in [0.717, 1.165) is 11.1 Å². The molecule has 2 aromatic carbocycles. The van der Waals surface area contributed by atoms with Crippen molar-refractivity contribution >= 4 is 11.9 Å². The summed E-state index contributed by atoms with van der Waals surface area (Å²) in [7, 11) is 1.59. The Kier molecular flexibility index (Phi) is 4.11. The lowest BCUT2D eigenvalue weighted by atomic mass is 9.94. The van der Waals surface area contributed by atoms with Crippen molar-refractivity contribution in [2.75, 3.05) is 7.11 Å². The molecule has 0 radical (unpaired) electrons. The fraction of sp³-hybridized carbons (Fsp3) is 0.158. The summed E-state index contributed by atoms with van der Waals surface area (Å²) in [6, 6.07) is 14.5. The molecule has 0 spiro atoms. The highest BCUT2D eigenvalue weighted by Crippen LogP contribution is 2.32. The molecule has 0 aliphatic carbocycles. The summed E-state index contributed by atoms with van der Waals surface area (Å²) in [6.45, 7) is 0. The Bertz CT molecular complexity index is 800. The van der Waals surface area contributed by atoms with E-state index in [9.17, 15) is 4.79 Å². The van der Waals surface area contributed by atoms with Crippen LogP contribution in [0.25, 0.3) is 6.08 Å². The van der Waals surface area contributed by atoms with E-state index in [1.165, 1.54) is 0 Å². The van der Waals surface area contributed by atoms with Gasteiger partial charge in [0.1, 0.15) is 11.9 Å². The second-order valence-corrected chi connectivity index (χ2v) is 5.24. The van der Waals surface area contributed by atoms with Gasteiger partial charge >= 0.3 is 0 Å². The van der Waals surface area contributed by atoms with Crippen molar-refractivity contribution in [2.45, 2.75) is 12.5 Å². The van der Waals surface area contributed by atoms with Gasteiger partial charge in [-0.2, -0.15) is 5.26 Å². The van der Waals surface area contributed by atoms with Gasteiger partial charge in [0.2, 0.25) is 0 Å². The van der Waals surface area contributed by atoms with E-state index in [1.54, 1.807) is 49.8 Å². The summed E-state index contributed by atoms with van der Waals surface area (Å²) >= 11 is 0. The van der Waals surface area contributed by atoms with E-state index >= 15 is 0 Å². The number of rotatable bonds is 4. The molecule has 0 aromatic heterocycles. The summed E-state index contributed by atoms with van der Waals surface area (Å²) < 4.78 is 10.7. The van der Waals surface area contributed by atoms with Crippen LogP contribution in [0.3, 0.4) is 0 Å². The largest absolute Gasteiger partial charge is 0.497 e. The molecule has 3 rings (SSSR count). The molecule has 0 unspecified atom stereocenters. The number of nitrogens with zero attached hydrogens (tertiary/aromatic N) is 1. The molecule has 0 bridgehead atoms. The number of carbonyl (C=O) groups excluding carboxylic acids is 1. The van der Waals surface area contributed by atoms with Crippen LogP contribution in [0.2, 0.25) is 0 Å². The first-order valence-corrected chi connectivity index (χ1v) is 7.24. The molecular formula is C19H15NO3. The minimum absolute atomic E-state index is 0.00302. The van der Waals surface area contributed by atoms with Crippen molar-refractivity contribution in [3.05, 3.63) is 71.0 Å². The van der Waals surface area contributed by atoms with Gasteiger partial charge in [0.15, 0.2) is 5.78 Å². The molecular weight excluding hydrogens is 290 g/mol. The topological polar surface area (TPSA) is 59.3 Å². The summed E-state index contributed by atoms with van der Waals surface area (Å²) in [6.07, 6.45) is 3.30. The summed E-state index contributed by atoms with van der Waals surface area (Å²) in [4.78, 5) is 12.4.